The van der Waals surface area contributed by atoms with Crippen molar-refractivity contribution >= 4 is 11.9 Å². The second-order valence-electron chi connectivity index (χ2n) is 3.56. The summed E-state index contributed by atoms with van der Waals surface area (Å²) in [5, 5.41) is 15.7. The third-order valence-corrected chi connectivity index (χ3v) is 2.40. The average molecular weight is 250 g/mol. The van der Waals surface area contributed by atoms with E-state index in [9.17, 15) is 9.59 Å². The summed E-state index contributed by atoms with van der Waals surface area (Å²) in [5.41, 5.74) is 2.17. The summed E-state index contributed by atoms with van der Waals surface area (Å²) >= 11 is 0. The maximum absolute atomic E-state index is 9.66. The van der Waals surface area contributed by atoms with Crippen LogP contribution in [0, 0.1) is 0 Å². The highest BCUT2D eigenvalue weighted by atomic mass is 16.4. The predicted octanol–water partition coefficient (Wildman–Crippen LogP) is 2.52. The van der Waals surface area contributed by atoms with Crippen LogP contribution in [0.2, 0.25) is 0 Å². The number of carboxylic acid groups (broad SMARTS) is 2. The monoisotopic (exact) mass is 250 g/mol. The first-order chi connectivity index (χ1) is 8.43. The van der Waals surface area contributed by atoms with E-state index >= 15 is 0 Å². The minimum Gasteiger partial charge on any atom is -0.477 e. The Hall–Kier alpha value is -2.10. The number of carbonyl (C=O) groups is 2. The van der Waals surface area contributed by atoms with Crippen molar-refractivity contribution < 1.29 is 19.8 Å². The lowest BCUT2D eigenvalue weighted by atomic mass is 10.0. The molecule has 0 heterocycles. The second kappa shape index (κ2) is 8.06. The number of benzene rings is 1. The zero-order valence-corrected chi connectivity index (χ0v) is 10.6. The van der Waals surface area contributed by atoms with E-state index in [4.69, 9.17) is 10.2 Å². The van der Waals surface area contributed by atoms with Gasteiger partial charge in [-0.1, -0.05) is 44.7 Å². The molecule has 0 aliphatic heterocycles. The molecule has 1 aromatic rings. The lowest BCUT2D eigenvalue weighted by molar-refractivity contribution is -0.140. The van der Waals surface area contributed by atoms with Gasteiger partial charge in [-0.2, -0.15) is 0 Å². The van der Waals surface area contributed by atoms with Crippen molar-refractivity contribution in [3.8, 4) is 0 Å². The van der Waals surface area contributed by atoms with Crippen LogP contribution in [0.1, 0.15) is 25.0 Å². The van der Waals surface area contributed by atoms with Gasteiger partial charge in [-0.25, -0.2) is 9.59 Å². The summed E-state index contributed by atoms with van der Waals surface area (Å²) in [7, 11) is 0. The van der Waals surface area contributed by atoms with Gasteiger partial charge in [-0.3, -0.25) is 0 Å². The molecular formula is C14H18O4. The quantitative estimate of drug-likeness (QED) is 0.489. The molecule has 0 saturated carbocycles. The predicted molar refractivity (Wildman–Crippen MR) is 69.6 cm³/mol. The van der Waals surface area contributed by atoms with E-state index in [0.29, 0.717) is 0 Å². The lowest BCUT2D eigenvalue weighted by Gasteiger charge is -2.02. The van der Waals surface area contributed by atoms with Crippen LogP contribution >= 0.6 is 0 Å². The molecule has 0 unspecified atom stereocenters. The van der Waals surface area contributed by atoms with Gasteiger partial charge in [0.15, 0.2) is 0 Å². The third-order valence-electron chi connectivity index (χ3n) is 2.40. The molecule has 1 aromatic carbocycles. The van der Waals surface area contributed by atoms with Gasteiger partial charge in [0.2, 0.25) is 0 Å². The maximum Gasteiger partial charge on any atom is 0.342 e. The number of aliphatic carboxylic acids is 2. The second-order valence-corrected chi connectivity index (χ2v) is 3.56. The van der Waals surface area contributed by atoms with Crippen molar-refractivity contribution in [2.75, 3.05) is 0 Å². The van der Waals surface area contributed by atoms with Gasteiger partial charge in [0.25, 0.3) is 0 Å². The molecule has 0 bridgehead atoms. The summed E-state index contributed by atoms with van der Waals surface area (Å²) in [6.07, 6.45) is 2.31. The molecule has 0 saturated heterocycles. The molecule has 2 N–H and O–H groups in total. The third kappa shape index (κ3) is 5.30. The molecule has 4 nitrogen and oxygen atoms in total. The number of carboxylic acids is 2. The molecule has 0 spiro atoms. The van der Waals surface area contributed by atoms with Crippen LogP contribution in [0.3, 0.4) is 0 Å². The van der Waals surface area contributed by atoms with Gasteiger partial charge in [0.1, 0.15) is 5.57 Å². The Morgan fingerprint density at radius 1 is 1.00 bits per heavy atom. The van der Waals surface area contributed by atoms with Crippen LogP contribution in [-0.4, -0.2) is 22.2 Å². The van der Waals surface area contributed by atoms with E-state index in [1.165, 1.54) is 11.1 Å². The van der Waals surface area contributed by atoms with Crippen molar-refractivity contribution in [3.63, 3.8) is 0 Å². The maximum atomic E-state index is 9.66. The van der Waals surface area contributed by atoms with Crippen molar-refractivity contribution in [2.24, 2.45) is 0 Å². The highest BCUT2D eigenvalue weighted by molar-refractivity contribution is 6.11. The van der Waals surface area contributed by atoms with Crippen LogP contribution < -0.4 is 0 Å². The molecule has 0 fully saturated rings. The zero-order chi connectivity index (χ0) is 14.1. The Kier molecular flexibility index (Phi) is 7.12. The summed E-state index contributed by atoms with van der Waals surface area (Å²) in [4.78, 5) is 19.3. The van der Waals surface area contributed by atoms with Crippen molar-refractivity contribution in [2.45, 2.75) is 26.7 Å². The minimum atomic E-state index is -1.50. The summed E-state index contributed by atoms with van der Waals surface area (Å²) in [5.74, 6) is -3.00. The highest BCUT2D eigenvalue weighted by Crippen LogP contribution is 2.08. The van der Waals surface area contributed by atoms with E-state index in [1.54, 1.807) is 0 Å². The Morgan fingerprint density at radius 3 is 1.50 bits per heavy atom. The molecular weight excluding hydrogens is 232 g/mol. The van der Waals surface area contributed by atoms with E-state index in [-0.39, 0.29) is 0 Å². The minimum absolute atomic E-state index is 0.815. The molecule has 4 heteroatoms. The van der Waals surface area contributed by atoms with Crippen LogP contribution in [0.15, 0.2) is 36.4 Å². The Bertz CT molecular complexity index is 396. The summed E-state index contributed by atoms with van der Waals surface area (Å²) < 4.78 is 0. The first kappa shape index (κ1) is 15.9. The van der Waals surface area contributed by atoms with E-state index < -0.39 is 17.5 Å². The van der Waals surface area contributed by atoms with E-state index in [0.717, 1.165) is 12.8 Å². The Morgan fingerprint density at radius 2 is 1.33 bits per heavy atom. The smallest absolute Gasteiger partial charge is 0.342 e. The Balaban J connectivity index is 0.000000331. The first-order valence-corrected chi connectivity index (χ1v) is 5.66. The van der Waals surface area contributed by atoms with Gasteiger partial charge in [0.05, 0.1) is 0 Å². The highest BCUT2D eigenvalue weighted by Gasteiger charge is 2.10. The van der Waals surface area contributed by atoms with Gasteiger partial charge >= 0.3 is 11.9 Å². The van der Waals surface area contributed by atoms with Gasteiger partial charge in [-0.15, -0.1) is 0 Å². The number of hydrogen-bond acceptors (Lipinski definition) is 2. The van der Waals surface area contributed by atoms with Crippen LogP contribution in [0.4, 0.5) is 0 Å². The topological polar surface area (TPSA) is 74.6 Å². The average Bonchev–Trinajstić information content (AvgIpc) is 2.38. The SMILES string of the molecule is C=C(C(=O)O)C(=O)O.CCc1ccccc1CC. The fourth-order valence-electron chi connectivity index (χ4n) is 1.34. The van der Waals surface area contributed by atoms with E-state index in [2.05, 4.69) is 44.7 Å². The van der Waals surface area contributed by atoms with Crippen LogP contribution in [0.25, 0.3) is 0 Å². The fourth-order valence-corrected chi connectivity index (χ4v) is 1.34. The number of rotatable bonds is 4. The van der Waals surface area contributed by atoms with E-state index in [1.807, 2.05) is 0 Å². The lowest BCUT2D eigenvalue weighted by Crippen LogP contribution is -2.08. The molecule has 1 rings (SSSR count). The molecule has 0 aliphatic rings. The number of aryl methyl sites for hydroxylation is 2. The normalized spacial score (nSPS) is 9.00. The van der Waals surface area contributed by atoms with Gasteiger partial charge < -0.3 is 10.2 Å². The molecule has 98 valence electrons. The largest absolute Gasteiger partial charge is 0.477 e. The molecule has 0 amide bonds. The molecule has 0 aromatic heterocycles. The van der Waals surface area contributed by atoms with Crippen LogP contribution in [-0.2, 0) is 22.4 Å². The standard InChI is InChI=1S/C10H14.C4H4O4/c1-3-9-7-5-6-8-10(9)4-2;1-2(3(5)6)4(7)8/h5-8H,3-4H2,1-2H3;1H2,(H,5,6)(H,7,8). The fraction of sp³-hybridized carbons (Fsp3) is 0.286. The van der Waals surface area contributed by atoms with Crippen molar-refractivity contribution in [1.82, 2.24) is 0 Å². The van der Waals surface area contributed by atoms with Crippen LogP contribution in [0.5, 0.6) is 0 Å². The van der Waals surface area contributed by atoms with Gasteiger partial charge in [-0.05, 0) is 24.0 Å². The Labute approximate surface area is 107 Å². The van der Waals surface area contributed by atoms with Crippen molar-refractivity contribution in [1.29, 1.82) is 0 Å². The van der Waals surface area contributed by atoms with Crippen molar-refractivity contribution in [3.05, 3.63) is 47.5 Å². The summed E-state index contributed by atoms with van der Waals surface area (Å²) in [6.45, 7) is 7.16. The summed E-state index contributed by atoms with van der Waals surface area (Å²) in [6, 6.07) is 8.63. The van der Waals surface area contributed by atoms with Gasteiger partial charge in [0, 0.05) is 0 Å². The number of hydrogen-bond donors (Lipinski definition) is 2. The molecule has 18 heavy (non-hydrogen) atoms. The first-order valence-electron chi connectivity index (χ1n) is 5.66. The molecule has 0 atom stereocenters. The molecule has 0 aliphatic carbocycles. The molecule has 0 radical (unpaired) electrons. The zero-order valence-electron chi connectivity index (χ0n) is 10.6.